The van der Waals surface area contributed by atoms with Crippen molar-refractivity contribution in [1.82, 2.24) is 5.32 Å². The predicted octanol–water partition coefficient (Wildman–Crippen LogP) is 10.1. The highest BCUT2D eigenvalue weighted by atomic mass is 16.3. The highest BCUT2D eigenvalue weighted by Crippen LogP contribution is 2.16. The van der Waals surface area contributed by atoms with E-state index in [1.807, 2.05) is 0 Å². The number of carbonyl (C=O) groups excluding carboxylic acids is 1. The SMILES string of the molecule is CCCCCC/C=C\CCCCCCCCCC(=O)NC(CO)C(O)C(O)CCCCCCCCCCCCCCCC. The molecule has 3 unspecified atom stereocenters. The van der Waals surface area contributed by atoms with Gasteiger partial charge in [0.05, 0.1) is 18.8 Å². The number of carbonyl (C=O) groups is 1. The fourth-order valence-corrected chi connectivity index (χ4v) is 5.86. The van der Waals surface area contributed by atoms with Gasteiger partial charge in [0.15, 0.2) is 0 Å². The molecule has 3 atom stereocenters. The predicted molar refractivity (Wildman–Crippen MR) is 185 cm³/mol. The lowest BCUT2D eigenvalue weighted by atomic mass is 9.99. The van der Waals surface area contributed by atoms with Crippen molar-refractivity contribution in [2.24, 2.45) is 0 Å². The highest BCUT2D eigenvalue weighted by molar-refractivity contribution is 5.76. The van der Waals surface area contributed by atoms with Gasteiger partial charge in [-0.1, -0.05) is 167 Å². The standard InChI is InChI=1S/C38H75NO4/c1-3-5-7-9-11-13-15-17-19-21-23-25-27-29-31-33-37(42)39-35(34-40)38(43)36(41)32-30-28-26-24-22-20-18-16-14-12-10-8-6-4-2/h13,15,35-36,38,40-41,43H,3-12,14,16-34H2,1-2H3,(H,39,42)/b15-13-. The number of aliphatic hydroxyl groups excluding tert-OH is 3. The van der Waals surface area contributed by atoms with E-state index in [9.17, 15) is 20.1 Å². The third-order valence-electron chi connectivity index (χ3n) is 8.87. The fourth-order valence-electron chi connectivity index (χ4n) is 5.86. The normalized spacial score (nSPS) is 13.9. The summed E-state index contributed by atoms with van der Waals surface area (Å²) < 4.78 is 0. The molecule has 4 N–H and O–H groups in total. The van der Waals surface area contributed by atoms with Crippen LogP contribution in [0.2, 0.25) is 0 Å². The van der Waals surface area contributed by atoms with E-state index >= 15 is 0 Å². The van der Waals surface area contributed by atoms with Gasteiger partial charge in [0.2, 0.25) is 5.91 Å². The van der Waals surface area contributed by atoms with E-state index in [1.54, 1.807) is 0 Å². The zero-order valence-electron chi connectivity index (χ0n) is 28.8. The monoisotopic (exact) mass is 610 g/mol. The molecule has 0 radical (unpaired) electrons. The van der Waals surface area contributed by atoms with Gasteiger partial charge in [-0.25, -0.2) is 0 Å². The maximum Gasteiger partial charge on any atom is 0.220 e. The third kappa shape index (κ3) is 29.6. The Morgan fingerprint density at radius 3 is 1.37 bits per heavy atom. The molecule has 0 rings (SSSR count). The van der Waals surface area contributed by atoms with E-state index in [4.69, 9.17) is 0 Å². The van der Waals surface area contributed by atoms with E-state index in [2.05, 4.69) is 31.3 Å². The molecule has 0 aromatic carbocycles. The minimum atomic E-state index is -1.13. The quantitative estimate of drug-likeness (QED) is 0.0432. The minimum absolute atomic E-state index is 0.150. The molecule has 43 heavy (non-hydrogen) atoms. The second-order valence-corrected chi connectivity index (χ2v) is 13.1. The van der Waals surface area contributed by atoms with Gasteiger partial charge in [-0.3, -0.25) is 4.79 Å². The van der Waals surface area contributed by atoms with Gasteiger partial charge in [0.1, 0.15) is 6.10 Å². The Labute approximate surface area is 268 Å². The summed E-state index contributed by atoms with van der Waals surface area (Å²) in [7, 11) is 0. The average molecular weight is 610 g/mol. The van der Waals surface area contributed by atoms with Crippen LogP contribution in [0.5, 0.6) is 0 Å². The molecule has 0 heterocycles. The van der Waals surface area contributed by atoms with E-state index < -0.39 is 18.2 Å². The van der Waals surface area contributed by atoms with Crippen LogP contribution in [0.4, 0.5) is 0 Å². The van der Waals surface area contributed by atoms with Gasteiger partial charge in [-0.15, -0.1) is 0 Å². The van der Waals surface area contributed by atoms with Crippen LogP contribution in [0.3, 0.4) is 0 Å². The summed E-state index contributed by atoms with van der Waals surface area (Å²) in [6, 6.07) is -0.806. The molecule has 0 saturated heterocycles. The number of unbranched alkanes of at least 4 members (excludes halogenated alkanes) is 24. The summed E-state index contributed by atoms with van der Waals surface area (Å²) in [5.41, 5.74) is 0. The average Bonchev–Trinajstić information content (AvgIpc) is 3.01. The summed E-state index contributed by atoms with van der Waals surface area (Å²) in [6.45, 7) is 4.15. The van der Waals surface area contributed by atoms with Crippen LogP contribution in [0.25, 0.3) is 0 Å². The fraction of sp³-hybridized carbons (Fsp3) is 0.921. The van der Waals surface area contributed by atoms with E-state index in [1.165, 1.54) is 135 Å². The Kier molecular flexibility index (Phi) is 33.3. The second kappa shape index (κ2) is 34.0. The highest BCUT2D eigenvalue weighted by Gasteiger charge is 2.26. The van der Waals surface area contributed by atoms with Gasteiger partial charge in [-0.2, -0.15) is 0 Å². The summed E-state index contributed by atoms with van der Waals surface area (Å²) in [4.78, 5) is 12.3. The molecule has 0 bridgehead atoms. The van der Waals surface area contributed by atoms with E-state index in [-0.39, 0.29) is 12.5 Å². The molecule has 5 nitrogen and oxygen atoms in total. The number of rotatable bonds is 34. The first-order valence-corrected chi connectivity index (χ1v) is 19.0. The van der Waals surface area contributed by atoms with Crippen molar-refractivity contribution in [2.75, 3.05) is 6.61 Å². The number of allylic oxidation sites excluding steroid dienone is 2. The Balaban J connectivity index is 3.68. The molecule has 0 aliphatic carbocycles. The molecule has 0 fully saturated rings. The number of hydrogen-bond acceptors (Lipinski definition) is 4. The minimum Gasteiger partial charge on any atom is -0.394 e. The van der Waals surface area contributed by atoms with Crippen molar-refractivity contribution >= 4 is 5.91 Å². The molecular formula is C38H75NO4. The molecule has 0 aliphatic heterocycles. The lowest BCUT2D eigenvalue weighted by molar-refractivity contribution is -0.124. The van der Waals surface area contributed by atoms with Crippen LogP contribution in [0.15, 0.2) is 12.2 Å². The molecule has 0 spiro atoms. The summed E-state index contributed by atoms with van der Waals surface area (Å²) >= 11 is 0. The van der Waals surface area contributed by atoms with Crippen LogP contribution >= 0.6 is 0 Å². The zero-order chi connectivity index (χ0) is 31.6. The van der Waals surface area contributed by atoms with E-state index in [0.717, 1.165) is 38.5 Å². The Morgan fingerprint density at radius 2 is 0.930 bits per heavy atom. The number of nitrogens with one attached hydrogen (secondary N) is 1. The van der Waals surface area contributed by atoms with Gasteiger partial charge in [0, 0.05) is 6.42 Å². The van der Waals surface area contributed by atoms with E-state index in [0.29, 0.717) is 12.8 Å². The number of amides is 1. The first-order chi connectivity index (χ1) is 21.1. The summed E-state index contributed by atoms with van der Waals surface area (Å²) in [6.07, 6.45) is 37.2. The number of aliphatic hydroxyl groups is 3. The third-order valence-corrected chi connectivity index (χ3v) is 8.87. The molecule has 256 valence electrons. The summed E-state index contributed by atoms with van der Waals surface area (Å²) in [5.74, 6) is -0.150. The lowest BCUT2D eigenvalue weighted by Crippen LogP contribution is -2.50. The van der Waals surface area contributed by atoms with Crippen LogP contribution in [0.1, 0.15) is 200 Å². The maximum atomic E-state index is 12.3. The van der Waals surface area contributed by atoms with Crippen LogP contribution in [-0.4, -0.2) is 46.1 Å². The Bertz CT molecular complexity index is 596. The number of hydrogen-bond donors (Lipinski definition) is 4. The molecule has 0 aromatic rings. The molecule has 1 amide bonds. The molecule has 0 saturated carbocycles. The molecule has 0 aromatic heterocycles. The van der Waals surface area contributed by atoms with Crippen LogP contribution in [0, 0.1) is 0 Å². The van der Waals surface area contributed by atoms with Crippen molar-refractivity contribution in [3.05, 3.63) is 12.2 Å². The molecule has 5 heteroatoms. The van der Waals surface area contributed by atoms with Gasteiger partial charge in [-0.05, 0) is 38.5 Å². The van der Waals surface area contributed by atoms with Crippen molar-refractivity contribution in [2.45, 2.75) is 218 Å². The Morgan fingerprint density at radius 1 is 0.558 bits per heavy atom. The smallest absolute Gasteiger partial charge is 0.220 e. The first kappa shape index (κ1) is 42.1. The van der Waals surface area contributed by atoms with Crippen molar-refractivity contribution < 1.29 is 20.1 Å². The Hall–Kier alpha value is -0.910. The van der Waals surface area contributed by atoms with Crippen molar-refractivity contribution in [1.29, 1.82) is 0 Å². The first-order valence-electron chi connectivity index (χ1n) is 19.0. The van der Waals surface area contributed by atoms with Gasteiger partial charge >= 0.3 is 0 Å². The van der Waals surface area contributed by atoms with Gasteiger partial charge in [0.25, 0.3) is 0 Å². The molecule has 0 aliphatic rings. The zero-order valence-corrected chi connectivity index (χ0v) is 28.8. The van der Waals surface area contributed by atoms with Gasteiger partial charge < -0.3 is 20.6 Å². The van der Waals surface area contributed by atoms with Crippen LogP contribution < -0.4 is 5.32 Å². The van der Waals surface area contributed by atoms with Crippen molar-refractivity contribution in [3.8, 4) is 0 Å². The summed E-state index contributed by atoms with van der Waals surface area (Å²) in [5, 5.41) is 33.4. The maximum absolute atomic E-state index is 12.3. The van der Waals surface area contributed by atoms with Crippen LogP contribution in [-0.2, 0) is 4.79 Å². The topological polar surface area (TPSA) is 89.8 Å². The largest absolute Gasteiger partial charge is 0.394 e. The second-order valence-electron chi connectivity index (χ2n) is 13.1. The van der Waals surface area contributed by atoms with Crippen molar-refractivity contribution in [3.63, 3.8) is 0 Å². The lowest BCUT2D eigenvalue weighted by Gasteiger charge is -2.26. The molecular weight excluding hydrogens is 534 g/mol.